The van der Waals surface area contributed by atoms with Gasteiger partial charge in [0.1, 0.15) is 0 Å². The van der Waals surface area contributed by atoms with E-state index in [1.165, 1.54) is 6.07 Å². The second-order valence-corrected chi connectivity index (χ2v) is 3.73. The minimum absolute atomic E-state index is 0.169. The predicted molar refractivity (Wildman–Crippen MR) is 64.3 cm³/mol. The molecule has 0 saturated heterocycles. The number of hydrogen-bond acceptors (Lipinski definition) is 3. The molecule has 0 aliphatic heterocycles. The summed E-state index contributed by atoms with van der Waals surface area (Å²) in [6, 6.07) is 4.70. The lowest BCUT2D eigenvalue weighted by Crippen LogP contribution is -2.23. The van der Waals surface area contributed by atoms with E-state index >= 15 is 0 Å². The van der Waals surface area contributed by atoms with E-state index in [9.17, 15) is 9.90 Å². The van der Waals surface area contributed by atoms with E-state index in [2.05, 4.69) is 5.32 Å². The van der Waals surface area contributed by atoms with Crippen LogP contribution in [0.2, 0.25) is 0 Å². The fourth-order valence-electron chi connectivity index (χ4n) is 1.19. The molecule has 0 aliphatic carbocycles. The zero-order chi connectivity index (χ0) is 12.1. The molecule has 1 aromatic rings. The quantitative estimate of drug-likeness (QED) is 0.412. The largest absolute Gasteiger partial charge is 0.505 e. The van der Waals surface area contributed by atoms with Gasteiger partial charge in [0.25, 0.3) is 5.91 Å². The summed E-state index contributed by atoms with van der Waals surface area (Å²) < 4.78 is 0. The van der Waals surface area contributed by atoms with Crippen molar-refractivity contribution in [2.24, 2.45) is 0 Å². The smallest absolute Gasteiger partial charge is 0.255 e. The minimum Gasteiger partial charge on any atom is -0.505 e. The molecule has 0 saturated carbocycles. The van der Waals surface area contributed by atoms with Crippen molar-refractivity contribution in [1.29, 1.82) is 0 Å². The van der Waals surface area contributed by atoms with Gasteiger partial charge in [-0.1, -0.05) is 17.7 Å². The maximum atomic E-state index is 11.6. The first kappa shape index (κ1) is 12.1. The summed E-state index contributed by atoms with van der Waals surface area (Å²) in [7, 11) is 0. The molecular formula is C12H16N2O2. The highest BCUT2D eigenvalue weighted by Crippen LogP contribution is 2.23. The third kappa shape index (κ3) is 3.02. The maximum Gasteiger partial charge on any atom is 0.255 e. The first-order valence-corrected chi connectivity index (χ1v) is 5.01. The van der Waals surface area contributed by atoms with Crippen LogP contribution in [0.1, 0.15) is 24.2 Å². The van der Waals surface area contributed by atoms with Crippen LogP contribution < -0.4 is 11.1 Å². The zero-order valence-corrected chi connectivity index (χ0v) is 9.45. The van der Waals surface area contributed by atoms with Crippen molar-refractivity contribution in [1.82, 2.24) is 5.32 Å². The lowest BCUT2D eigenvalue weighted by molar-refractivity contribution is 0.0955. The van der Waals surface area contributed by atoms with Gasteiger partial charge in [-0.05, 0) is 26.0 Å². The van der Waals surface area contributed by atoms with Crippen LogP contribution in [0.3, 0.4) is 0 Å². The summed E-state index contributed by atoms with van der Waals surface area (Å²) in [6.45, 7) is 4.34. The van der Waals surface area contributed by atoms with E-state index in [0.717, 1.165) is 5.57 Å². The van der Waals surface area contributed by atoms with Gasteiger partial charge >= 0.3 is 0 Å². The average molecular weight is 220 g/mol. The van der Waals surface area contributed by atoms with Crippen LogP contribution in [0.5, 0.6) is 5.75 Å². The van der Waals surface area contributed by atoms with Crippen molar-refractivity contribution < 1.29 is 9.90 Å². The number of phenolic OH excluding ortho intramolecular Hbond substituents is 1. The lowest BCUT2D eigenvalue weighted by Gasteiger charge is -2.06. The van der Waals surface area contributed by atoms with Crippen molar-refractivity contribution in [2.75, 3.05) is 12.3 Å². The van der Waals surface area contributed by atoms with Gasteiger partial charge in [-0.25, -0.2) is 0 Å². The molecule has 4 N–H and O–H groups in total. The summed E-state index contributed by atoms with van der Waals surface area (Å²) >= 11 is 0. The summed E-state index contributed by atoms with van der Waals surface area (Å²) in [5.41, 5.74) is 7.02. The van der Waals surface area contributed by atoms with Gasteiger partial charge in [-0.15, -0.1) is 0 Å². The van der Waals surface area contributed by atoms with Crippen LogP contribution in [0.25, 0.3) is 0 Å². The second kappa shape index (κ2) is 5.21. The number of nitrogens with two attached hydrogens (primary N) is 1. The Bertz CT molecular complexity index is 421. The molecule has 0 aromatic heterocycles. The summed E-state index contributed by atoms with van der Waals surface area (Å²) in [5.74, 6) is -0.500. The van der Waals surface area contributed by atoms with Crippen LogP contribution in [0.15, 0.2) is 29.8 Å². The number of carbonyl (C=O) groups is 1. The normalized spacial score (nSPS) is 9.62. The van der Waals surface area contributed by atoms with Crippen molar-refractivity contribution in [3.8, 4) is 5.75 Å². The number of amides is 1. The Morgan fingerprint density at radius 3 is 2.81 bits per heavy atom. The van der Waals surface area contributed by atoms with Gasteiger partial charge in [0, 0.05) is 6.54 Å². The van der Waals surface area contributed by atoms with Crippen molar-refractivity contribution in [2.45, 2.75) is 13.8 Å². The van der Waals surface area contributed by atoms with Gasteiger partial charge in [0.2, 0.25) is 0 Å². The first-order chi connectivity index (χ1) is 7.52. The summed E-state index contributed by atoms with van der Waals surface area (Å²) in [5, 5.41) is 12.2. The molecule has 1 aromatic carbocycles. The third-order valence-corrected chi connectivity index (χ3v) is 2.08. The van der Waals surface area contributed by atoms with Crippen LogP contribution in [0, 0.1) is 0 Å². The third-order valence-electron chi connectivity index (χ3n) is 2.08. The van der Waals surface area contributed by atoms with Gasteiger partial charge in [0.15, 0.2) is 5.75 Å². The number of hydrogen-bond donors (Lipinski definition) is 3. The van der Waals surface area contributed by atoms with Gasteiger partial charge < -0.3 is 16.2 Å². The van der Waals surface area contributed by atoms with E-state index in [1.54, 1.807) is 12.1 Å². The lowest BCUT2D eigenvalue weighted by atomic mass is 10.1. The number of aromatic hydroxyl groups is 1. The minimum atomic E-state index is -0.331. The molecule has 0 radical (unpaired) electrons. The molecular weight excluding hydrogens is 204 g/mol. The Morgan fingerprint density at radius 2 is 2.19 bits per heavy atom. The number of allylic oxidation sites excluding steroid dienone is 1. The van der Waals surface area contributed by atoms with E-state index < -0.39 is 0 Å². The Hall–Kier alpha value is -1.97. The van der Waals surface area contributed by atoms with Crippen molar-refractivity contribution >= 4 is 11.6 Å². The highest BCUT2D eigenvalue weighted by Gasteiger charge is 2.11. The first-order valence-electron chi connectivity index (χ1n) is 5.01. The molecule has 1 rings (SSSR count). The molecule has 0 aliphatic rings. The second-order valence-electron chi connectivity index (χ2n) is 3.73. The standard InChI is InChI=1S/C12H16N2O2/c1-8(2)6-7-14-12(16)9-4-3-5-10(13)11(9)15/h3-6,15H,7,13H2,1-2H3,(H,14,16). The zero-order valence-electron chi connectivity index (χ0n) is 9.45. The monoisotopic (exact) mass is 220 g/mol. The topological polar surface area (TPSA) is 75.4 Å². The van der Waals surface area contributed by atoms with Crippen LogP contribution in [-0.2, 0) is 0 Å². The predicted octanol–water partition coefficient (Wildman–Crippen LogP) is 1.67. The average Bonchev–Trinajstić information content (AvgIpc) is 2.21. The fraction of sp³-hybridized carbons (Fsp3) is 0.250. The Labute approximate surface area is 94.8 Å². The van der Waals surface area contributed by atoms with Crippen LogP contribution in [0.4, 0.5) is 5.69 Å². The molecule has 0 spiro atoms. The van der Waals surface area contributed by atoms with E-state index in [-0.39, 0.29) is 22.9 Å². The van der Waals surface area contributed by atoms with Crippen molar-refractivity contribution in [3.05, 3.63) is 35.4 Å². The number of para-hydroxylation sites is 1. The van der Waals surface area contributed by atoms with Gasteiger partial charge in [-0.3, -0.25) is 4.79 Å². The Morgan fingerprint density at radius 1 is 1.50 bits per heavy atom. The number of carbonyl (C=O) groups excluding carboxylic acids is 1. The molecule has 4 nitrogen and oxygen atoms in total. The number of anilines is 1. The molecule has 0 heterocycles. The number of rotatable bonds is 3. The number of nitrogens with one attached hydrogen (secondary N) is 1. The molecule has 0 bridgehead atoms. The SMILES string of the molecule is CC(C)=CCNC(=O)c1cccc(N)c1O. The fourth-order valence-corrected chi connectivity index (χ4v) is 1.19. The number of phenols is 1. The molecule has 0 atom stereocenters. The van der Waals surface area contributed by atoms with Gasteiger partial charge in [0.05, 0.1) is 11.3 Å². The molecule has 0 unspecified atom stereocenters. The van der Waals surface area contributed by atoms with Crippen molar-refractivity contribution in [3.63, 3.8) is 0 Å². The van der Waals surface area contributed by atoms with Gasteiger partial charge in [-0.2, -0.15) is 0 Å². The molecule has 0 fully saturated rings. The highest BCUT2D eigenvalue weighted by molar-refractivity contribution is 5.98. The molecule has 16 heavy (non-hydrogen) atoms. The molecule has 4 heteroatoms. The molecule has 86 valence electrons. The summed E-state index contributed by atoms with van der Waals surface area (Å²) in [4.78, 5) is 11.6. The van der Waals surface area contributed by atoms with Crippen LogP contribution in [-0.4, -0.2) is 17.6 Å². The Balaban J connectivity index is 2.74. The highest BCUT2D eigenvalue weighted by atomic mass is 16.3. The Kier molecular flexibility index (Phi) is 3.94. The number of benzene rings is 1. The summed E-state index contributed by atoms with van der Waals surface area (Å²) in [6.07, 6.45) is 1.89. The van der Waals surface area contributed by atoms with E-state index in [0.29, 0.717) is 6.54 Å². The van der Waals surface area contributed by atoms with Crippen LogP contribution >= 0.6 is 0 Å². The number of nitrogen functional groups attached to an aromatic ring is 1. The molecule has 1 amide bonds. The van der Waals surface area contributed by atoms with E-state index in [4.69, 9.17) is 5.73 Å². The van der Waals surface area contributed by atoms with E-state index in [1.807, 2.05) is 19.9 Å². The maximum absolute atomic E-state index is 11.6.